The third-order valence-corrected chi connectivity index (χ3v) is 3.86. The van der Waals surface area contributed by atoms with Gasteiger partial charge in [0, 0.05) is 24.6 Å². The summed E-state index contributed by atoms with van der Waals surface area (Å²) in [5.41, 5.74) is 0. The molecule has 3 heteroatoms. The van der Waals surface area contributed by atoms with Crippen LogP contribution in [0, 0.1) is 0 Å². The Balaban J connectivity index is 2.46. The van der Waals surface area contributed by atoms with Gasteiger partial charge >= 0.3 is 0 Å². The van der Waals surface area contributed by atoms with Crippen molar-refractivity contribution in [2.24, 2.45) is 0 Å². The van der Waals surface area contributed by atoms with Gasteiger partial charge in [-0.3, -0.25) is 4.21 Å². The van der Waals surface area contributed by atoms with E-state index in [1.54, 1.807) is 0 Å². The molecule has 1 rings (SSSR count). The Morgan fingerprint density at radius 2 is 2.00 bits per heavy atom. The molecule has 0 atom stereocenters. The monoisotopic (exact) mass is 161 g/mol. The fraction of sp³-hybridized carbons (Fsp3) is 0.857. The Bertz CT molecular complexity index is 182. The van der Waals surface area contributed by atoms with Crippen LogP contribution in [-0.2, 0) is 9.52 Å². The summed E-state index contributed by atoms with van der Waals surface area (Å²) in [4.78, 5) is 2.31. The third-order valence-electron chi connectivity index (χ3n) is 2.01. The molecule has 0 aromatic heterocycles. The van der Waals surface area contributed by atoms with Gasteiger partial charge in [-0.2, -0.15) is 0 Å². The largest absolute Gasteiger partial charge is 0.302 e. The number of hydrogen-bond acceptors (Lipinski definition) is 2. The molecule has 0 radical (unpaired) electrons. The molecule has 60 valence electrons. The van der Waals surface area contributed by atoms with Gasteiger partial charge in [0.15, 0.2) is 0 Å². The van der Waals surface area contributed by atoms with Crippen LogP contribution in [0.5, 0.6) is 0 Å². The molecule has 1 saturated heterocycles. The van der Waals surface area contributed by atoms with E-state index in [2.05, 4.69) is 17.7 Å². The molecule has 1 aliphatic rings. The predicted molar refractivity (Wildman–Crippen MR) is 47.1 cm³/mol. The van der Waals surface area contributed by atoms with Crippen LogP contribution in [0.4, 0.5) is 0 Å². The highest BCUT2D eigenvalue weighted by Gasteiger charge is 2.14. The Kier molecular flexibility index (Phi) is 2.36. The third kappa shape index (κ3) is 1.99. The minimum atomic E-state index is -1.67. The van der Waals surface area contributed by atoms with Crippen LogP contribution >= 0.6 is 0 Å². The molecule has 0 aliphatic carbocycles. The lowest BCUT2D eigenvalue weighted by atomic mass is 10.5. The van der Waals surface area contributed by atoms with E-state index in [9.17, 15) is 4.21 Å². The van der Waals surface area contributed by atoms with E-state index in [0.717, 1.165) is 31.1 Å². The van der Waals surface area contributed by atoms with Gasteiger partial charge in [-0.25, -0.2) is 0 Å². The highest BCUT2D eigenvalue weighted by molar-refractivity contribution is 8.00. The van der Waals surface area contributed by atoms with E-state index in [0.29, 0.717) is 0 Å². The van der Waals surface area contributed by atoms with Crippen LogP contribution in [0.1, 0.15) is 6.92 Å². The fourth-order valence-corrected chi connectivity index (χ4v) is 2.51. The van der Waals surface area contributed by atoms with Gasteiger partial charge in [0.2, 0.25) is 0 Å². The first-order valence-corrected chi connectivity index (χ1v) is 5.75. The minimum Gasteiger partial charge on any atom is -0.302 e. The van der Waals surface area contributed by atoms with Crippen LogP contribution in [0.2, 0.25) is 0 Å². The van der Waals surface area contributed by atoms with Gasteiger partial charge in [-0.15, -0.1) is 0 Å². The summed E-state index contributed by atoms with van der Waals surface area (Å²) in [5, 5.41) is 0. The zero-order valence-electron chi connectivity index (χ0n) is 6.51. The molecule has 2 nitrogen and oxygen atoms in total. The van der Waals surface area contributed by atoms with Crippen molar-refractivity contribution in [3.8, 4) is 0 Å². The van der Waals surface area contributed by atoms with Gasteiger partial charge in [-0.1, -0.05) is 6.92 Å². The fourth-order valence-electron chi connectivity index (χ4n) is 1.12. The second-order valence-corrected chi connectivity index (χ2v) is 5.56. The summed E-state index contributed by atoms with van der Waals surface area (Å²) < 4.78 is 11.3. The molecule has 0 N–H and O–H groups in total. The summed E-state index contributed by atoms with van der Waals surface area (Å²) in [6.45, 7) is 5.16. The highest BCUT2D eigenvalue weighted by atomic mass is 32.2. The molecule has 0 spiro atoms. The van der Waals surface area contributed by atoms with Crippen LogP contribution in [0.3, 0.4) is 0 Å². The molecule has 0 unspecified atom stereocenters. The normalized spacial score (nSPS) is 26.5. The van der Waals surface area contributed by atoms with Crippen molar-refractivity contribution >= 4 is 15.4 Å². The number of rotatable bonds is 1. The molecule has 10 heavy (non-hydrogen) atoms. The summed E-state index contributed by atoms with van der Waals surface area (Å²) in [5.74, 6) is 5.28. The van der Waals surface area contributed by atoms with Crippen molar-refractivity contribution in [3.63, 3.8) is 0 Å². The van der Waals surface area contributed by atoms with Crippen molar-refractivity contribution in [2.45, 2.75) is 6.92 Å². The van der Waals surface area contributed by atoms with Gasteiger partial charge < -0.3 is 4.90 Å². The molecule has 1 fully saturated rings. The van der Waals surface area contributed by atoms with Crippen molar-refractivity contribution < 1.29 is 4.21 Å². The average molecular weight is 161 g/mol. The zero-order valence-corrected chi connectivity index (χ0v) is 7.32. The smallest absolute Gasteiger partial charge is 0.0287 e. The average Bonchev–Trinajstić information content (AvgIpc) is 1.88. The molecule has 0 bridgehead atoms. The first kappa shape index (κ1) is 8.08. The van der Waals surface area contributed by atoms with E-state index in [1.165, 1.54) is 0 Å². The van der Waals surface area contributed by atoms with Gasteiger partial charge in [0.1, 0.15) is 0 Å². The Labute approximate surface area is 63.2 Å². The van der Waals surface area contributed by atoms with Crippen molar-refractivity contribution in [3.05, 3.63) is 0 Å². The Morgan fingerprint density at radius 1 is 1.50 bits per heavy atom. The summed E-state index contributed by atoms with van der Waals surface area (Å²) in [6, 6.07) is 0. The van der Waals surface area contributed by atoms with E-state index < -0.39 is 9.52 Å². The zero-order chi connectivity index (χ0) is 7.61. The van der Waals surface area contributed by atoms with Crippen molar-refractivity contribution in [2.75, 3.05) is 31.1 Å². The van der Waals surface area contributed by atoms with E-state index in [4.69, 9.17) is 0 Å². The van der Waals surface area contributed by atoms with Crippen LogP contribution in [0.25, 0.3) is 0 Å². The van der Waals surface area contributed by atoms with E-state index in [-0.39, 0.29) is 0 Å². The SMILES string of the molecule is C=S1(=O)CCN(CC)CC1. The van der Waals surface area contributed by atoms with Crippen LogP contribution in [0.15, 0.2) is 0 Å². The Hall–Kier alpha value is -0.0200. The van der Waals surface area contributed by atoms with Crippen LogP contribution in [-0.4, -0.2) is 46.1 Å². The maximum absolute atomic E-state index is 11.3. The number of hydrogen-bond donors (Lipinski definition) is 0. The second-order valence-electron chi connectivity index (χ2n) is 2.81. The summed E-state index contributed by atoms with van der Waals surface area (Å²) >= 11 is 0. The van der Waals surface area contributed by atoms with Gasteiger partial charge in [0.05, 0.1) is 0 Å². The molecule has 0 saturated carbocycles. The topological polar surface area (TPSA) is 20.3 Å². The molecule has 0 amide bonds. The van der Waals surface area contributed by atoms with E-state index in [1.807, 2.05) is 0 Å². The lowest BCUT2D eigenvalue weighted by Gasteiger charge is -2.27. The molecule has 1 aliphatic heterocycles. The van der Waals surface area contributed by atoms with E-state index >= 15 is 0 Å². The standard InChI is InChI=1S/C7H15NOS/c1-3-8-4-6-10(2,9)7-5-8/h2-7H2,1H3. The molecule has 0 aromatic carbocycles. The first-order chi connectivity index (χ1) is 4.64. The molecular formula is C7H15NOS. The number of nitrogens with zero attached hydrogens (tertiary/aromatic N) is 1. The highest BCUT2D eigenvalue weighted by Crippen LogP contribution is 2.01. The second kappa shape index (κ2) is 2.93. The summed E-state index contributed by atoms with van der Waals surface area (Å²) in [7, 11) is -1.67. The lowest BCUT2D eigenvalue weighted by Crippen LogP contribution is -2.39. The van der Waals surface area contributed by atoms with Crippen molar-refractivity contribution in [1.82, 2.24) is 4.90 Å². The lowest BCUT2D eigenvalue weighted by molar-refractivity contribution is 0.316. The quantitative estimate of drug-likeness (QED) is 0.506. The van der Waals surface area contributed by atoms with Crippen LogP contribution < -0.4 is 0 Å². The van der Waals surface area contributed by atoms with Gasteiger partial charge in [-0.05, 0) is 21.9 Å². The first-order valence-electron chi connectivity index (χ1n) is 3.69. The predicted octanol–water partition coefficient (Wildman–Crippen LogP) is 0.0383. The summed E-state index contributed by atoms with van der Waals surface area (Å²) in [6.07, 6.45) is 0. The molecule has 0 aromatic rings. The van der Waals surface area contributed by atoms with Crippen molar-refractivity contribution in [1.29, 1.82) is 0 Å². The maximum atomic E-state index is 11.3. The molecule has 1 heterocycles. The molecular weight excluding hydrogens is 146 g/mol. The van der Waals surface area contributed by atoms with Gasteiger partial charge in [0.25, 0.3) is 0 Å². The Morgan fingerprint density at radius 3 is 2.40 bits per heavy atom. The maximum Gasteiger partial charge on any atom is 0.0287 e. The minimum absolute atomic E-state index is 0.792.